The summed E-state index contributed by atoms with van der Waals surface area (Å²) in [7, 11) is -2.24. The zero-order chi connectivity index (χ0) is 20.8. The lowest BCUT2D eigenvalue weighted by Gasteiger charge is -2.30. The SMILES string of the molecule is CO[C@@H]1CCN(C2Cc3ccccc3C2Oc2ccc(S(N)(=O)=O)c(Cl)c2Cl)C1. The number of rotatable bonds is 5. The highest BCUT2D eigenvalue weighted by molar-refractivity contribution is 7.89. The highest BCUT2D eigenvalue weighted by Gasteiger charge is 2.41. The molecule has 2 unspecified atom stereocenters. The van der Waals surface area contributed by atoms with Crippen LogP contribution in [0, 0.1) is 0 Å². The van der Waals surface area contributed by atoms with Crippen molar-refractivity contribution >= 4 is 33.2 Å². The number of ether oxygens (including phenoxy) is 2. The van der Waals surface area contributed by atoms with E-state index < -0.39 is 10.0 Å². The van der Waals surface area contributed by atoms with Crippen LogP contribution in [0.5, 0.6) is 5.75 Å². The van der Waals surface area contributed by atoms with Crippen molar-refractivity contribution in [1.29, 1.82) is 0 Å². The molecule has 9 heteroatoms. The van der Waals surface area contributed by atoms with Crippen molar-refractivity contribution in [2.75, 3.05) is 20.2 Å². The van der Waals surface area contributed by atoms with Gasteiger partial charge >= 0.3 is 0 Å². The third kappa shape index (κ3) is 4.00. The largest absolute Gasteiger partial charge is 0.482 e. The Kier molecular flexibility index (Phi) is 5.81. The molecule has 1 aliphatic heterocycles. The predicted molar refractivity (Wildman–Crippen MR) is 112 cm³/mol. The molecule has 29 heavy (non-hydrogen) atoms. The molecule has 3 atom stereocenters. The number of nitrogens with two attached hydrogens (primary N) is 1. The molecule has 2 aromatic rings. The van der Waals surface area contributed by atoms with E-state index in [-0.39, 0.29) is 33.2 Å². The van der Waals surface area contributed by atoms with E-state index in [9.17, 15) is 8.42 Å². The predicted octanol–water partition coefficient (Wildman–Crippen LogP) is 3.41. The van der Waals surface area contributed by atoms with Gasteiger partial charge in [0.15, 0.2) is 0 Å². The van der Waals surface area contributed by atoms with E-state index in [1.54, 1.807) is 7.11 Å². The van der Waals surface area contributed by atoms with E-state index in [1.807, 2.05) is 12.1 Å². The fourth-order valence-electron chi connectivity index (χ4n) is 4.21. The molecule has 0 saturated carbocycles. The van der Waals surface area contributed by atoms with E-state index >= 15 is 0 Å². The molecule has 1 aliphatic carbocycles. The number of likely N-dealkylation sites (tertiary alicyclic amines) is 1. The Morgan fingerprint density at radius 3 is 2.59 bits per heavy atom. The van der Waals surface area contributed by atoms with E-state index in [0.717, 1.165) is 31.5 Å². The number of primary sulfonamides is 1. The van der Waals surface area contributed by atoms with Crippen LogP contribution < -0.4 is 9.88 Å². The van der Waals surface area contributed by atoms with Crippen LogP contribution >= 0.6 is 23.2 Å². The van der Waals surface area contributed by atoms with Gasteiger partial charge in [-0.05, 0) is 36.1 Å². The topological polar surface area (TPSA) is 81.9 Å². The Hall–Kier alpha value is -1.35. The van der Waals surface area contributed by atoms with Crippen LogP contribution in [0.3, 0.4) is 0 Å². The van der Waals surface area contributed by atoms with Gasteiger partial charge < -0.3 is 9.47 Å². The van der Waals surface area contributed by atoms with Crippen molar-refractivity contribution in [3.8, 4) is 5.75 Å². The molecule has 1 saturated heterocycles. The second kappa shape index (κ2) is 8.06. The van der Waals surface area contributed by atoms with Crippen molar-refractivity contribution < 1.29 is 17.9 Å². The number of fused-ring (bicyclic) bond motifs is 1. The lowest BCUT2D eigenvalue weighted by Crippen LogP contribution is -2.39. The van der Waals surface area contributed by atoms with Gasteiger partial charge in [-0.25, -0.2) is 13.6 Å². The maximum absolute atomic E-state index is 11.7. The lowest BCUT2D eigenvalue weighted by molar-refractivity contribution is 0.0679. The first-order chi connectivity index (χ1) is 13.8. The Morgan fingerprint density at radius 2 is 1.90 bits per heavy atom. The van der Waals surface area contributed by atoms with Crippen LogP contribution in [0.4, 0.5) is 0 Å². The molecule has 2 aromatic carbocycles. The average molecular weight is 457 g/mol. The molecular weight excluding hydrogens is 435 g/mol. The van der Waals surface area contributed by atoms with Crippen LogP contribution in [0.2, 0.25) is 10.0 Å². The first kappa shape index (κ1) is 20.9. The van der Waals surface area contributed by atoms with E-state index in [1.165, 1.54) is 17.7 Å². The quantitative estimate of drug-likeness (QED) is 0.745. The molecule has 1 heterocycles. The van der Waals surface area contributed by atoms with Crippen LogP contribution in [0.25, 0.3) is 0 Å². The van der Waals surface area contributed by atoms with E-state index in [2.05, 4.69) is 17.0 Å². The molecule has 156 valence electrons. The first-order valence-electron chi connectivity index (χ1n) is 9.31. The van der Waals surface area contributed by atoms with Crippen LogP contribution in [-0.4, -0.2) is 45.7 Å². The average Bonchev–Trinajstić information content (AvgIpc) is 3.29. The highest BCUT2D eigenvalue weighted by atomic mass is 35.5. The summed E-state index contributed by atoms with van der Waals surface area (Å²) in [6, 6.07) is 11.1. The lowest BCUT2D eigenvalue weighted by atomic mass is 10.1. The minimum atomic E-state index is -3.98. The fourth-order valence-corrected chi connectivity index (χ4v) is 5.56. The first-order valence-corrected chi connectivity index (χ1v) is 11.6. The Balaban J connectivity index is 1.67. The van der Waals surface area contributed by atoms with Crippen molar-refractivity contribution in [2.45, 2.75) is 36.0 Å². The summed E-state index contributed by atoms with van der Waals surface area (Å²) in [5.41, 5.74) is 2.33. The van der Waals surface area contributed by atoms with Crippen molar-refractivity contribution in [3.63, 3.8) is 0 Å². The van der Waals surface area contributed by atoms with Crippen LogP contribution in [-0.2, 0) is 21.2 Å². The normalized spacial score (nSPS) is 24.6. The molecule has 1 fully saturated rings. The summed E-state index contributed by atoms with van der Waals surface area (Å²) < 4.78 is 35.2. The monoisotopic (exact) mass is 456 g/mol. The number of hydrogen-bond donors (Lipinski definition) is 1. The Bertz CT molecular complexity index is 1030. The Morgan fingerprint density at radius 1 is 1.14 bits per heavy atom. The van der Waals surface area contributed by atoms with Crippen molar-refractivity contribution in [1.82, 2.24) is 4.90 Å². The molecular formula is C20H22Cl2N2O4S. The van der Waals surface area contributed by atoms with Gasteiger partial charge in [0.1, 0.15) is 21.8 Å². The zero-order valence-corrected chi connectivity index (χ0v) is 18.2. The zero-order valence-electron chi connectivity index (χ0n) is 15.8. The smallest absolute Gasteiger partial charge is 0.239 e. The van der Waals surface area contributed by atoms with Gasteiger partial charge in [-0.15, -0.1) is 0 Å². The van der Waals surface area contributed by atoms with E-state index in [4.69, 9.17) is 37.8 Å². The molecule has 0 bridgehead atoms. The van der Waals surface area contributed by atoms with Crippen LogP contribution in [0.15, 0.2) is 41.3 Å². The van der Waals surface area contributed by atoms with Crippen molar-refractivity contribution in [2.24, 2.45) is 5.14 Å². The number of sulfonamides is 1. The molecule has 0 radical (unpaired) electrons. The number of hydrogen-bond acceptors (Lipinski definition) is 5. The second-order valence-corrected chi connectivity index (χ2v) is 9.67. The highest BCUT2D eigenvalue weighted by Crippen LogP contribution is 2.43. The molecule has 2 N–H and O–H groups in total. The molecule has 0 amide bonds. The molecule has 2 aliphatic rings. The minimum absolute atomic E-state index is 0.0394. The summed E-state index contributed by atoms with van der Waals surface area (Å²) in [5.74, 6) is 0.332. The Labute approximate surface area is 180 Å². The summed E-state index contributed by atoms with van der Waals surface area (Å²) in [4.78, 5) is 2.16. The minimum Gasteiger partial charge on any atom is -0.482 e. The van der Waals surface area contributed by atoms with Gasteiger partial charge in [-0.3, -0.25) is 4.90 Å². The second-order valence-electron chi connectivity index (χ2n) is 7.38. The fraction of sp³-hybridized carbons (Fsp3) is 0.400. The van der Waals surface area contributed by atoms with E-state index in [0.29, 0.717) is 5.75 Å². The molecule has 4 rings (SSSR count). The van der Waals surface area contributed by atoms with Gasteiger partial charge in [0.05, 0.1) is 17.2 Å². The summed E-state index contributed by atoms with van der Waals surface area (Å²) in [5, 5.41) is 5.11. The summed E-state index contributed by atoms with van der Waals surface area (Å²) >= 11 is 12.5. The number of benzene rings is 2. The standard InChI is InChI=1S/C20H22Cl2N2O4S/c1-27-13-8-9-24(11-13)15-10-12-4-2-3-5-14(12)20(15)28-16-6-7-17(29(23,25)26)19(22)18(16)21/h2-7,13,15,20H,8-11H2,1H3,(H2,23,25,26)/t13-,15?,20?/m1/s1. The van der Waals surface area contributed by atoms with Crippen LogP contribution in [0.1, 0.15) is 23.7 Å². The van der Waals surface area contributed by atoms with Crippen molar-refractivity contribution in [3.05, 3.63) is 57.6 Å². The molecule has 0 aromatic heterocycles. The summed E-state index contributed by atoms with van der Waals surface area (Å²) in [6.07, 6.45) is 1.80. The molecule has 6 nitrogen and oxygen atoms in total. The van der Waals surface area contributed by atoms with Gasteiger partial charge in [0.2, 0.25) is 10.0 Å². The molecule has 0 spiro atoms. The van der Waals surface area contributed by atoms with Gasteiger partial charge in [0, 0.05) is 20.2 Å². The third-order valence-electron chi connectivity index (χ3n) is 5.69. The van der Waals surface area contributed by atoms with Gasteiger partial charge in [-0.1, -0.05) is 47.5 Å². The number of nitrogens with zero attached hydrogens (tertiary/aromatic N) is 1. The maximum atomic E-state index is 11.7. The summed E-state index contributed by atoms with van der Waals surface area (Å²) in [6.45, 7) is 1.77. The third-order valence-corrected chi connectivity index (χ3v) is 7.62. The van der Waals surface area contributed by atoms with Gasteiger partial charge in [0.25, 0.3) is 0 Å². The maximum Gasteiger partial charge on any atom is 0.239 e. The number of methoxy groups -OCH3 is 1. The van der Waals surface area contributed by atoms with Gasteiger partial charge in [-0.2, -0.15) is 0 Å². The number of halogens is 2.